The molecule has 14 heavy (non-hydrogen) atoms. The molecular weight excluding hydrogens is 176 g/mol. The molecule has 4 heteroatoms. The van der Waals surface area contributed by atoms with Gasteiger partial charge in [-0.15, -0.1) is 0 Å². The molecule has 1 saturated heterocycles. The van der Waals surface area contributed by atoms with Gasteiger partial charge in [-0.1, -0.05) is 0 Å². The Labute approximate surface area is 84.7 Å². The van der Waals surface area contributed by atoms with Gasteiger partial charge in [0, 0.05) is 19.5 Å². The van der Waals surface area contributed by atoms with E-state index < -0.39 is 0 Å². The van der Waals surface area contributed by atoms with Crippen LogP contribution in [0.25, 0.3) is 0 Å². The van der Waals surface area contributed by atoms with Crippen molar-refractivity contribution in [1.29, 1.82) is 0 Å². The minimum atomic E-state index is 0.686. The van der Waals surface area contributed by atoms with Crippen molar-refractivity contribution < 1.29 is 0 Å². The lowest BCUT2D eigenvalue weighted by Crippen LogP contribution is -2.37. The summed E-state index contributed by atoms with van der Waals surface area (Å²) in [4.78, 5) is 4.25. The largest absolute Gasteiger partial charge is 0.314 e. The van der Waals surface area contributed by atoms with E-state index in [0.29, 0.717) is 6.04 Å². The average Bonchev–Trinajstić information content (AvgIpc) is 2.56. The van der Waals surface area contributed by atoms with Crippen molar-refractivity contribution in [2.75, 3.05) is 6.54 Å². The molecule has 1 aromatic rings. The van der Waals surface area contributed by atoms with Crippen LogP contribution in [0.4, 0.5) is 0 Å². The first-order chi connectivity index (χ1) is 6.75. The highest BCUT2D eigenvalue weighted by Gasteiger charge is 2.19. The molecule has 2 atom stereocenters. The van der Waals surface area contributed by atoms with Crippen LogP contribution >= 0.6 is 0 Å². The van der Waals surface area contributed by atoms with Gasteiger partial charge in [-0.2, -0.15) is 5.10 Å². The van der Waals surface area contributed by atoms with Crippen LogP contribution in [0.3, 0.4) is 0 Å². The molecular formula is C10H18N4. The number of hydrogen-bond acceptors (Lipinski definition) is 3. The Kier molecular flexibility index (Phi) is 2.82. The normalized spacial score (nSPS) is 27.9. The fourth-order valence-corrected chi connectivity index (χ4v) is 2.00. The van der Waals surface area contributed by atoms with Crippen LogP contribution in [0.5, 0.6) is 0 Å². The van der Waals surface area contributed by atoms with Crippen molar-refractivity contribution in [3.05, 3.63) is 12.2 Å². The fourth-order valence-electron chi connectivity index (χ4n) is 2.00. The minimum absolute atomic E-state index is 0.686. The minimum Gasteiger partial charge on any atom is -0.314 e. The van der Waals surface area contributed by atoms with Gasteiger partial charge in [0.05, 0.1) is 0 Å². The topological polar surface area (TPSA) is 42.7 Å². The van der Waals surface area contributed by atoms with E-state index in [1.165, 1.54) is 12.8 Å². The fraction of sp³-hybridized carbons (Fsp3) is 0.800. The maximum Gasteiger partial charge on any atom is 0.138 e. The van der Waals surface area contributed by atoms with Crippen molar-refractivity contribution in [3.63, 3.8) is 0 Å². The first-order valence-corrected chi connectivity index (χ1v) is 5.32. The van der Waals surface area contributed by atoms with Crippen LogP contribution in [-0.2, 0) is 13.5 Å². The van der Waals surface area contributed by atoms with E-state index >= 15 is 0 Å². The summed E-state index contributed by atoms with van der Waals surface area (Å²) in [6, 6.07) is 0.686. The monoisotopic (exact) mass is 194 g/mol. The average molecular weight is 194 g/mol. The summed E-state index contributed by atoms with van der Waals surface area (Å²) in [5.74, 6) is 1.83. The van der Waals surface area contributed by atoms with Gasteiger partial charge in [0.15, 0.2) is 0 Å². The Bertz CT molecular complexity index is 286. The van der Waals surface area contributed by atoms with Gasteiger partial charge in [0.1, 0.15) is 12.2 Å². The first-order valence-electron chi connectivity index (χ1n) is 5.32. The van der Waals surface area contributed by atoms with Crippen molar-refractivity contribution in [3.8, 4) is 0 Å². The lowest BCUT2D eigenvalue weighted by atomic mass is 9.92. The van der Waals surface area contributed by atoms with Crippen LogP contribution in [0.2, 0.25) is 0 Å². The van der Waals surface area contributed by atoms with Gasteiger partial charge in [0.25, 0.3) is 0 Å². The van der Waals surface area contributed by atoms with Gasteiger partial charge in [-0.25, -0.2) is 4.98 Å². The molecule has 2 heterocycles. The molecule has 1 fully saturated rings. The van der Waals surface area contributed by atoms with Crippen molar-refractivity contribution in [1.82, 2.24) is 20.1 Å². The van der Waals surface area contributed by atoms with E-state index in [1.54, 1.807) is 6.33 Å². The Balaban J connectivity index is 1.89. The highest BCUT2D eigenvalue weighted by molar-refractivity contribution is 4.89. The third kappa shape index (κ3) is 2.12. The van der Waals surface area contributed by atoms with E-state index in [2.05, 4.69) is 22.3 Å². The van der Waals surface area contributed by atoms with E-state index in [0.717, 1.165) is 24.7 Å². The van der Waals surface area contributed by atoms with E-state index in [-0.39, 0.29) is 0 Å². The Morgan fingerprint density at radius 2 is 2.43 bits per heavy atom. The molecule has 78 valence electrons. The molecule has 1 aromatic heterocycles. The highest BCUT2D eigenvalue weighted by Crippen LogP contribution is 2.17. The molecule has 1 aliphatic heterocycles. The third-order valence-electron chi connectivity index (χ3n) is 3.04. The number of rotatable bonds is 2. The third-order valence-corrected chi connectivity index (χ3v) is 3.04. The summed E-state index contributed by atoms with van der Waals surface area (Å²) in [7, 11) is 1.96. The zero-order valence-electron chi connectivity index (χ0n) is 8.90. The summed E-state index contributed by atoms with van der Waals surface area (Å²) < 4.78 is 1.87. The molecule has 2 unspecified atom stereocenters. The molecule has 1 N–H and O–H groups in total. The molecule has 0 aliphatic carbocycles. The molecule has 0 aromatic carbocycles. The predicted molar refractivity (Wildman–Crippen MR) is 54.9 cm³/mol. The van der Waals surface area contributed by atoms with Gasteiger partial charge in [-0.05, 0) is 32.2 Å². The van der Waals surface area contributed by atoms with E-state index in [1.807, 2.05) is 11.7 Å². The van der Waals surface area contributed by atoms with E-state index in [4.69, 9.17) is 0 Å². The lowest BCUT2D eigenvalue weighted by Gasteiger charge is -2.27. The number of hydrogen-bond donors (Lipinski definition) is 1. The molecule has 4 nitrogen and oxygen atoms in total. The number of nitrogens with zero attached hydrogens (tertiary/aromatic N) is 3. The smallest absolute Gasteiger partial charge is 0.138 e. The molecule has 0 radical (unpaired) electrons. The molecule has 2 rings (SSSR count). The second-order valence-electron chi connectivity index (χ2n) is 4.26. The van der Waals surface area contributed by atoms with Crippen molar-refractivity contribution in [2.24, 2.45) is 13.0 Å². The van der Waals surface area contributed by atoms with Crippen molar-refractivity contribution in [2.45, 2.75) is 32.2 Å². The number of nitrogens with one attached hydrogen (secondary N) is 1. The standard InChI is InChI=1S/C10H18N4/c1-8-3-4-9(6-11-8)5-10-12-7-13-14(10)2/h7-9,11H,3-6H2,1-2H3. The molecule has 0 amide bonds. The number of aryl methyl sites for hydroxylation is 1. The zero-order valence-corrected chi connectivity index (χ0v) is 8.90. The van der Waals surface area contributed by atoms with Crippen LogP contribution in [0.1, 0.15) is 25.6 Å². The summed E-state index contributed by atoms with van der Waals surface area (Å²) in [6.07, 6.45) is 5.27. The summed E-state index contributed by atoms with van der Waals surface area (Å²) >= 11 is 0. The SMILES string of the molecule is CC1CCC(Cc2ncnn2C)CN1. The van der Waals surface area contributed by atoms with Crippen molar-refractivity contribution >= 4 is 0 Å². The molecule has 0 spiro atoms. The number of piperidine rings is 1. The summed E-state index contributed by atoms with van der Waals surface area (Å²) in [6.45, 7) is 3.37. The van der Waals surface area contributed by atoms with Gasteiger partial charge in [-0.3, -0.25) is 4.68 Å². The second-order valence-corrected chi connectivity index (χ2v) is 4.26. The van der Waals surface area contributed by atoms with Crippen LogP contribution in [-0.4, -0.2) is 27.4 Å². The Morgan fingerprint density at radius 3 is 3.00 bits per heavy atom. The van der Waals surface area contributed by atoms with Gasteiger partial charge < -0.3 is 5.32 Å². The van der Waals surface area contributed by atoms with Gasteiger partial charge in [0.2, 0.25) is 0 Å². The lowest BCUT2D eigenvalue weighted by molar-refractivity contribution is 0.316. The predicted octanol–water partition coefficient (Wildman–Crippen LogP) is 0.746. The van der Waals surface area contributed by atoms with Gasteiger partial charge >= 0.3 is 0 Å². The second kappa shape index (κ2) is 4.09. The molecule has 0 bridgehead atoms. The Hall–Kier alpha value is -0.900. The Morgan fingerprint density at radius 1 is 1.57 bits per heavy atom. The molecule has 1 aliphatic rings. The zero-order chi connectivity index (χ0) is 9.97. The number of aromatic nitrogens is 3. The summed E-state index contributed by atoms with van der Waals surface area (Å²) in [5.41, 5.74) is 0. The quantitative estimate of drug-likeness (QED) is 0.755. The highest BCUT2D eigenvalue weighted by atomic mass is 15.3. The first kappa shape index (κ1) is 9.65. The van der Waals surface area contributed by atoms with Crippen LogP contribution in [0.15, 0.2) is 6.33 Å². The molecule has 0 saturated carbocycles. The van der Waals surface area contributed by atoms with Crippen LogP contribution in [0, 0.1) is 5.92 Å². The van der Waals surface area contributed by atoms with E-state index in [9.17, 15) is 0 Å². The maximum atomic E-state index is 4.25. The maximum absolute atomic E-state index is 4.25. The summed E-state index contributed by atoms with van der Waals surface area (Å²) in [5, 5.41) is 7.59. The van der Waals surface area contributed by atoms with Crippen LogP contribution < -0.4 is 5.32 Å².